The second-order valence-corrected chi connectivity index (χ2v) is 4.33. The zero-order chi connectivity index (χ0) is 11.7. The Kier molecular flexibility index (Phi) is 2.41. The summed E-state index contributed by atoms with van der Waals surface area (Å²) in [5, 5.41) is 2.53. The second-order valence-electron chi connectivity index (χ2n) is 4.33. The first-order valence-electron chi connectivity index (χ1n) is 5.80. The molecule has 0 saturated carbocycles. The highest BCUT2D eigenvalue weighted by Gasteiger charge is 2.02. The highest BCUT2D eigenvalue weighted by atomic mass is 14.1. The molecule has 0 heterocycles. The van der Waals surface area contributed by atoms with Crippen molar-refractivity contribution in [3.8, 4) is 11.1 Å². The summed E-state index contributed by atoms with van der Waals surface area (Å²) in [6, 6.07) is 24.4. The zero-order valence-electron chi connectivity index (χ0n) is 9.77. The first kappa shape index (κ1) is 10.1. The zero-order valence-corrected chi connectivity index (χ0v) is 9.77. The van der Waals surface area contributed by atoms with Crippen LogP contribution in [0.15, 0.2) is 60.7 Å². The second kappa shape index (κ2) is 4.06. The summed E-state index contributed by atoms with van der Waals surface area (Å²) >= 11 is 0. The summed E-state index contributed by atoms with van der Waals surface area (Å²) in [6.07, 6.45) is 0. The lowest BCUT2D eigenvalue weighted by Crippen LogP contribution is -1.82. The number of hydrogen-bond donors (Lipinski definition) is 0. The van der Waals surface area contributed by atoms with E-state index in [9.17, 15) is 0 Å². The molecule has 0 unspecified atom stereocenters. The Morgan fingerprint density at radius 3 is 2.65 bits per heavy atom. The van der Waals surface area contributed by atoms with E-state index in [0.717, 1.165) is 0 Å². The molecule has 0 aliphatic carbocycles. The fourth-order valence-corrected chi connectivity index (χ4v) is 2.21. The Morgan fingerprint density at radius 1 is 0.882 bits per heavy atom. The van der Waals surface area contributed by atoms with Gasteiger partial charge in [-0.1, -0.05) is 54.1 Å². The van der Waals surface area contributed by atoms with Gasteiger partial charge < -0.3 is 0 Å². The molecule has 0 saturated heterocycles. The van der Waals surface area contributed by atoms with Gasteiger partial charge in [-0.15, -0.1) is 0 Å². The minimum absolute atomic E-state index is 1.24. The van der Waals surface area contributed by atoms with Crippen molar-refractivity contribution in [3.63, 3.8) is 0 Å². The summed E-state index contributed by atoms with van der Waals surface area (Å²) in [4.78, 5) is 0. The molecule has 0 atom stereocenters. The van der Waals surface area contributed by atoms with Crippen LogP contribution in [0.1, 0.15) is 5.56 Å². The number of aryl methyl sites for hydroxylation is 1. The minimum Gasteiger partial charge on any atom is -0.0616 e. The van der Waals surface area contributed by atoms with E-state index in [1.165, 1.54) is 27.5 Å². The lowest BCUT2D eigenvalue weighted by atomic mass is 9.97. The molecule has 0 spiro atoms. The fraction of sp³-hybridized carbons (Fsp3) is 0.0588. The molecule has 3 rings (SSSR count). The third kappa shape index (κ3) is 1.83. The SMILES string of the molecule is Cc1cccc(-c2c[c]cc3ccccc23)c1. The van der Waals surface area contributed by atoms with Crippen LogP contribution in [0.5, 0.6) is 0 Å². The maximum Gasteiger partial charge on any atom is -0.00991 e. The third-order valence-electron chi connectivity index (χ3n) is 3.05. The topological polar surface area (TPSA) is 0 Å². The van der Waals surface area contributed by atoms with Gasteiger partial charge in [0.25, 0.3) is 0 Å². The first-order chi connectivity index (χ1) is 8.34. The molecule has 0 aliphatic rings. The van der Waals surface area contributed by atoms with Gasteiger partial charge in [0.1, 0.15) is 0 Å². The van der Waals surface area contributed by atoms with E-state index >= 15 is 0 Å². The Bertz CT molecular complexity index is 660. The van der Waals surface area contributed by atoms with E-state index in [0.29, 0.717) is 0 Å². The Balaban J connectivity index is 2.30. The Labute approximate surface area is 102 Å². The third-order valence-corrected chi connectivity index (χ3v) is 3.05. The lowest BCUT2D eigenvalue weighted by Gasteiger charge is -2.07. The van der Waals surface area contributed by atoms with Crippen molar-refractivity contribution in [2.24, 2.45) is 0 Å². The van der Waals surface area contributed by atoms with E-state index in [1.807, 2.05) is 6.07 Å². The van der Waals surface area contributed by atoms with Crippen LogP contribution in [-0.2, 0) is 0 Å². The smallest absolute Gasteiger partial charge is 0.00991 e. The molecule has 0 N–H and O–H groups in total. The highest BCUT2D eigenvalue weighted by Crippen LogP contribution is 2.28. The van der Waals surface area contributed by atoms with Crippen molar-refractivity contribution in [1.29, 1.82) is 0 Å². The van der Waals surface area contributed by atoms with E-state index in [1.54, 1.807) is 0 Å². The summed E-state index contributed by atoms with van der Waals surface area (Å²) in [5.41, 5.74) is 3.81. The molecule has 0 bridgehead atoms. The predicted molar refractivity (Wildman–Crippen MR) is 73.0 cm³/mol. The van der Waals surface area contributed by atoms with Gasteiger partial charge >= 0.3 is 0 Å². The molecule has 0 heteroatoms. The largest absolute Gasteiger partial charge is 0.0616 e. The predicted octanol–water partition coefficient (Wildman–Crippen LogP) is 4.62. The van der Waals surface area contributed by atoms with Crippen LogP contribution in [-0.4, -0.2) is 0 Å². The minimum atomic E-state index is 1.24. The molecule has 0 aliphatic heterocycles. The fourth-order valence-electron chi connectivity index (χ4n) is 2.21. The van der Waals surface area contributed by atoms with Crippen molar-refractivity contribution in [2.45, 2.75) is 6.92 Å². The molecule has 0 amide bonds. The van der Waals surface area contributed by atoms with Crippen molar-refractivity contribution in [1.82, 2.24) is 0 Å². The number of benzene rings is 3. The van der Waals surface area contributed by atoms with E-state index in [-0.39, 0.29) is 0 Å². The van der Waals surface area contributed by atoms with Crippen molar-refractivity contribution in [2.75, 3.05) is 0 Å². The number of hydrogen-bond acceptors (Lipinski definition) is 0. The van der Waals surface area contributed by atoms with E-state index in [2.05, 4.69) is 67.6 Å². The molecule has 3 aromatic rings. The monoisotopic (exact) mass is 217 g/mol. The van der Waals surface area contributed by atoms with Crippen molar-refractivity contribution >= 4 is 10.8 Å². The summed E-state index contributed by atoms with van der Waals surface area (Å²) in [5.74, 6) is 0. The number of rotatable bonds is 1. The quantitative estimate of drug-likeness (QED) is 0.558. The van der Waals surface area contributed by atoms with Crippen LogP contribution in [0.4, 0.5) is 0 Å². The number of fused-ring (bicyclic) bond motifs is 1. The first-order valence-corrected chi connectivity index (χ1v) is 5.80. The molecule has 17 heavy (non-hydrogen) atoms. The summed E-state index contributed by atoms with van der Waals surface area (Å²) in [6.45, 7) is 2.12. The molecule has 81 valence electrons. The molecule has 0 fully saturated rings. The van der Waals surface area contributed by atoms with Crippen LogP contribution in [0, 0.1) is 13.0 Å². The average molecular weight is 217 g/mol. The summed E-state index contributed by atoms with van der Waals surface area (Å²) in [7, 11) is 0. The molecular formula is C17H13. The Hall–Kier alpha value is -2.08. The van der Waals surface area contributed by atoms with Gasteiger partial charge in [0.2, 0.25) is 0 Å². The van der Waals surface area contributed by atoms with Crippen molar-refractivity contribution in [3.05, 3.63) is 72.3 Å². The average Bonchev–Trinajstić information content (AvgIpc) is 2.38. The normalized spacial score (nSPS) is 10.6. The van der Waals surface area contributed by atoms with Crippen LogP contribution < -0.4 is 0 Å². The van der Waals surface area contributed by atoms with Gasteiger partial charge in [0, 0.05) is 0 Å². The van der Waals surface area contributed by atoms with E-state index in [4.69, 9.17) is 0 Å². The van der Waals surface area contributed by atoms with Gasteiger partial charge in [0.15, 0.2) is 0 Å². The maximum atomic E-state index is 3.22. The van der Waals surface area contributed by atoms with Crippen LogP contribution in [0.3, 0.4) is 0 Å². The van der Waals surface area contributed by atoms with Crippen molar-refractivity contribution < 1.29 is 0 Å². The summed E-state index contributed by atoms with van der Waals surface area (Å²) < 4.78 is 0. The molecule has 3 aromatic carbocycles. The maximum absolute atomic E-state index is 3.22. The van der Waals surface area contributed by atoms with Crippen LogP contribution >= 0.6 is 0 Å². The van der Waals surface area contributed by atoms with Crippen LogP contribution in [0.25, 0.3) is 21.9 Å². The van der Waals surface area contributed by atoms with Gasteiger partial charge in [-0.25, -0.2) is 0 Å². The Morgan fingerprint density at radius 2 is 1.76 bits per heavy atom. The molecular weight excluding hydrogens is 204 g/mol. The van der Waals surface area contributed by atoms with Gasteiger partial charge in [0.05, 0.1) is 0 Å². The van der Waals surface area contributed by atoms with Gasteiger partial charge in [-0.2, -0.15) is 0 Å². The van der Waals surface area contributed by atoms with E-state index < -0.39 is 0 Å². The van der Waals surface area contributed by atoms with Gasteiger partial charge in [-0.3, -0.25) is 0 Å². The highest BCUT2D eigenvalue weighted by molar-refractivity contribution is 5.96. The molecule has 1 radical (unpaired) electrons. The standard InChI is InChI=1S/C17H13/c1-13-6-4-9-15(12-13)17-11-5-8-14-7-2-3-10-16(14)17/h2-4,6-12H,1H3. The molecule has 0 nitrogen and oxygen atoms in total. The lowest BCUT2D eigenvalue weighted by molar-refractivity contribution is 1.47. The van der Waals surface area contributed by atoms with Crippen LogP contribution in [0.2, 0.25) is 0 Å². The molecule has 0 aromatic heterocycles. The van der Waals surface area contributed by atoms with Gasteiger partial charge in [-0.05, 0) is 47.0 Å².